The summed E-state index contributed by atoms with van der Waals surface area (Å²) in [5, 5.41) is 0.986. The number of methoxy groups -OCH3 is 1. The lowest BCUT2D eigenvalue weighted by Gasteiger charge is -2.05. The summed E-state index contributed by atoms with van der Waals surface area (Å²) in [6.07, 6.45) is 0. The maximum Gasteiger partial charge on any atom is 0.251 e. The van der Waals surface area contributed by atoms with E-state index in [1.807, 2.05) is 12.1 Å². The number of aromatic nitrogens is 1. The molecule has 0 bridgehead atoms. The fourth-order valence-electron chi connectivity index (χ4n) is 1.47. The number of benzene rings is 1. The van der Waals surface area contributed by atoms with Gasteiger partial charge in [-0.3, -0.25) is 4.79 Å². The van der Waals surface area contributed by atoms with E-state index in [9.17, 15) is 4.79 Å². The van der Waals surface area contributed by atoms with Crippen LogP contribution in [0.4, 0.5) is 0 Å². The molecule has 0 amide bonds. The van der Waals surface area contributed by atoms with Crippen LogP contribution in [0.2, 0.25) is 0 Å². The molecule has 78 valence electrons. The Balaban J connectivity index is 2.82. The number of nitrogens with one attached hydrogen (secondary N) is 1. The first-order chi connectivity index (χ1) is 7.11. The third kappa shape index (κ3) is 1.77. The summed E-state index contributed by atoms with van der Waals surface area (Å²) in [4.78, 5) is 14.2. The third-order valence-electron chi connectivity index (χ3n) is 2.30. The predicted molar refractivity (Wildman–Crippen MR) is 63.6 cm³/mol. The minimum absolute atomic E-state index is 0.0631. The Bertz CT molecular complexity index is 575. The highest BCUT2D eigenvalue weighted by molar-refractivity contribution is 9.10. The quantitative estimate of drug-likeness (QED) is 0.863. The van der Waals surface area contributed by atoms with Crippen LogP contribution >= 0.6 is 15.9 Å². The second-order valence-electron chi connectivity index (χ2n) is 3.36. The molecule has 0 aliphatic rings. The van der Waals surface area contributed by atoms with E-state index in [2.05, 4.69) is 20.9 Å². The van der Waals surface area contributed by atoms with Gasteiger partial charge in [0.2, 0.25) is 0 Å². The Morgan fingerprint density at radius 1 is 1.33 bits per heavy atom. The molecule has 1 N–H and O–H groups in total. The number of H-pyrrole nitrogens is 1. The molecule has 0 spiro atoms. The highest BCUT2D eigenvalue weighted by Crippen LogP contribution is 2.28. The van der Waals surface area contributed by atoms with E-state index >= 15 is 0 Å². The zero-order valence-electron chi connectivity index (χ0n) is 8.43. The number of ether oxygens (including phenoxy) is 1. The number of hydrogen-bond donors (Lipinski definition) is 1. The minimum atomic E-state index is -0.0631. The second kappa shape index (κ2) is 3.70. The fraction of sp³-hybridized carbons (Fsp3) is 0.182. The minimum Gasteiger partial charge on any atom is -0.495 e. The number of aromatic amines is 1. The molecule has 0 saturated carbocycles. The van der Waals surface area contributed by atoms with Gasteiger partial charge in [-0.25, -0.2) is 0 Å². The van der Waals surface area contributed by atoms with Crippen LogP contribution in [0.5, 0.6) is 5.75 Å². The summed E-state index contributed by atoms with van der Waals surface area (Å²) in [6, 6.07) is 5.59. The molecule has 0 fully saturated rings. The molecule has 15 heavy (non-hydrogen) atoms. The molecule has 0 radical (unpaired) electrons. The van der Waals surface area contributed by atoms with Crippen LogP contribution in [0.15, 0.2) is 27.5 Å². The number of pyridine rings is 1. The third-order valence-corrected chi connectivity index (χ3v) is 2.92. The predicted octanol–water partition coefficient (Wildman–Crippen LogP) is 2.61. The molecule has 2 rings (SSSR count). The average molecular weight is 268 g/mol. The molecule has 1 heterocycles. The van der Waals surface area contributed by atoms with Gasteiger partial charge in [-0.2, -0.15) is 0 Å². The summed E-state index contributed by atoms with van der Waals surface area (Å²) in [6.45, 7) is 1.79. The molecule has 0 saturated heterocycles. The molecule has 0 unspecified atom stereocenters. The summed E-state index contributed by atoms with van der Waals surface area (Å²) in [5.41, 5.74) is 1.43. The number of hydrogen-bond acceptors (Lipinski definition) is 2. The van der Waals surface area contributed by atoms with Crippen molar-refractivity contribution in [2.24, 2.45) is 0 Å². The van der Waals surface area contributed by atoms with E-state index < -0.39 is 0 Å². The van der Waals surface area contributed by atoms with Gasteiger partial charge in [0.25, 0.3) is 5.56 Å². The Morgan fingerprint density at radius 2 is 2.07 bits per heavy atom. The first kappa shape index (κ1) is 10.2. The van der Waals surface area contributed by atoms with Crippen molar-refractivity contribution in [1.29, 1.82) is 0 Å². The Morgan fingerprint density at radius 3 is 2.73 bits per heavy atom. The van der Waals surface area contributed by atoms with Crippen molar-refractivity contribution in [3.8, 4) is 5.75 Å². The molecule has 0 aliphatic heterocycles. The number of aryl methyl sites for hydroxylation is 1. The normalized spacial score (nSPS) is 10.6. The van der Waals surface area contributed by atoms with Crippen LogP contribution in [0, 0.1) is 6.92 Å². The van der Waals surface area contributed by atoms with Crippen LogP contribution in [0.1, 0.15) is 5.56 Å². The van der Waals surface area contributed by atoms with Gasteiger partial charge in [0.1, 0.15) is 5.75 Å². The topological polar surface area (TPSA) is 42.1 Å². The number of fused-ring (bicyclic) bond motifs is 1. The number of halogens is 1. The summed E-state index contributed by atoms with van der Waals surface area (Å²) in [7, 11) is 1.60. The molecule has 1 aromatic heterocycles. The Hall–Kier alpha value is -1.29. The van der Waals surface area contributed by atoms with Crippen molar-refractivity contribution >= 4 is 26.8 Å². The van der Waals surface area contributed by atoms with Gasteiger partial charge >= 0.3 is 0 Å². The van der Waals surface area contributed by atoms with Gasteiger partial charge in [-0.1, -0.05) is 0 Å². The van der Waals surface area contributed by atoms with E-state index in [4.69, 9.17) is 4.74 Å². The maximum atomic E-state index is 11.4. The largest absolute Gasteiger partial charge is 0.495 e. The van der Waals surface area contributed by atoms with Gasteiger partial charge in [0.05, 0.1) is 17.1 Å². The van der Waals surface area contributed by atoms with Crippen LogP contribution in [-0.2, 0) is 0 Å². The van der Waals surface area contributed by atoms with Crippen molar-refractivity contribution in [2.75, 3.05) is 7.11 Å². The lowest BCUT2D eigenvalue weighted by Crippen LogP contribution is -2.08. The van der Waals surface area contributed by atoms with Crippen molar-refractivity contribution in [3.05, 3.63) is 38.6 Å². The van der Waals surface area contributed by atoms with Crippen LogP contribution in [0.3, 0.4) is 0 Å². The van der Waals surface area contributed by atoms with Crippen LogP contribution in [-0.4, -0.2) is 12.1 Å². The smallest absolute Gasteiger partial charge is 0.251 e. The lowest BCUT2D eigenvalue weighted by molar-refractivity contribution is 0.412. The summed E-state index contributed by atoms with van der Waals surface area (Å²) < 4.78 is 6.03. The standard InChI is InChI=1S/C11H10BrNO2/c1-6-3-7-4-8(12)10(15-2)5-9(7)13-11(6)14/h3-5H,1-2H3,(H,13,14). The van der Waals surface area contributed by atoms with Crippen molar-refractivity contribution < 1.29 is 4.74 Å². The van der Waals surface area contributed by atoms with E-state index in [-0.39, 0.29) is 5.56 Å². The monoisotopic (exact) mass is 267 g/mol. The van der Waals surface area contributed by atoms with Gasteiger partial charge in [-0.15, -0.1) is 0 Å². The number of rotatable bonds is 1. The zero-order chi connectivity index (χ0) is 11.0. The summed E-state index contributed by atoms with van der Waals surface area (Å²) >= 11 is 3.40. The van der Waals surface area contributed by atoms with Crippen molar-refractivity contribution in [1.82, 2.24) is 4.98 Å². The molecule has 0 atom stereocenters. The van der Waals surface area contributed by atoms with Gasteiger partial charge in [0, 0.05) is 11.6 Å². The highest BCUT2D eigenvalue weighted by Gasteiger charge is 2.04. The summed E-state index contributed by atoms with van der Waals surface area (Å²) in [5.74, 6) is 0.710. The van der Waals surface area contributed by atoms with Gasteiger partial charge in [0.15, 0.2) is 0 Å². The van der Waals surface area contributed by atoms with E-state index in [1.54, 1.807) is 20.1 Å². The van der Waals surface area contributed by atoms with E-state index in [0.717, 1.165) is 15.4 Å². The SMILES string of the molecule is COc1cc2[nH]c(=O)c(C)cc2cc1Br. The molecule has 1 aromatic carbocycles. The first-order valence-electron chi connectivity index (χ1n) is 4.49. The molecule has 3 nitrogen and oxygen atoms in total. The molecule has 4 heteroatoms. The first-order valence-corrected chi connectivity index (χ1v) is 5.28. The molecular formula is C11H10BrNO2. The molecule has 0 aliphatic carbocycles. The molecule has 2 aromatic rings. The fourth-order valence-corrected chi connectivity index (χ4v) is 2.00. The van der Waals surface area contributed by atoms with E-state index in [0.29, 0.717) is 11.3 Å². The van der Waals surface area contributed by atoms with Gasteiger partial charge in [-0.05, 0) is 40.4 Å². The van der Waals surface area contributed by atoms with Crippen LogP contribution < -0.4 is 10.3 Å². The average Bonchev–Trinajstić information content (AvgIpc) is 2.20. The zero-order valence-corrected chi connectivity index (χ0v) is 10.0. The highest BCUT2D eigenvalue weighted by atomic mass is 79.9. The van der Waals surface area contributed by atoms with E-state index in [1.165, 1.54) is 0 Å². The maximum absolute atomic E-state index is 11.4. The lowest BCUT2D eigenvalue weighted by atomic mass is 10.1. The van der Waals surface area contributed by atoms with Crippen LogP contribution in [0.25, 0.3) is 10.9 Å². The second-order valence-corrected chi connectivity index (χ2v) is 4.21. The Kier molecular flexibility index (Phi) is 2.52. The van der Waals surface area contributed by atoms with Gasteiger partial charge < -0.3 is 9.72 Å². The Labute approximate surface area is 95.2 Å². The van der Waals surface area contributed by atoms with Crippen molar-refractivity contribution in [2.45, 2.75) is 6.92 Å². The van der Waals surface area contributed by atoms with Crippen molar-refractivity contribution in [3.63, 3.8) is 0 Å². The molecular weight excluding hydrogens is 258 g/mol.